The molecule has 0 spiro atoms. The van der Waals surface area contributed by atoms with Gasteiger partial charge in [-0.25, -0.2) is 0 Å². The van der Waals surface area contributed by atoms with Crippen LogP contribution >= 0.6 is 0 Å². The summed E-state index contributed by atoms with van der Waals surface area (Å²) >= 11 is 0. The van der Waals surface area contributed by atoms with Gasteiger partial charge in [0.1, 0.15) is 0 Å². The van der Waals surface area contributed by atoms with E-state index >= 15 is 0 Å². The van der Waals surface area contributed by atoms with Gasteiger partial charge in [0.05, 0.1) is 0 Å². The van der Waals surface area contributed by atoms with Crippen molar-refractivity contribution < 1.29 is 12.5 Å². The zero-order valence-electron chi connectivity index (χ0n) is 2.10. The Bertz CT molecular complexity index is 113. The van der Waals surface area contributed by atoms with Crippen LogP contribution in [0.3, 0.4) is 0 Å². The quantitative estimate of drug-likeness (QED) is 0.308. The molecule has 0 saturated heterocycles. The van der Waals surface area contributed by atoms with Crippen molar-refractivity contribution in [3.63, 3.8) is 0 Å². The molecule has 0 N–H and O–H groups in total. The average molecular weight is 111 g/mol. The van der Waals surface area contributed by atoms with Gasteiger partial charge in [0, 0.05) is 0 Å². The van der Waals surface area contributed by atoms with Crippen LogP contribution in [0.15, 0.2) is 0 Å². The molecule has 0 rings (SSSR count). The molecule has 0 aliphatic heterocycles. The first-order valence-corrected chi connectivity index (χ1v) is 3.40. The third-order valence-corrected chi connectivity index (χ3v) is 0.567. The van der Waals surface area contributed by atoms with E-state index in [1.165, 1.54) is 0 Å². The molecule has 0 unspecified atom stereocenters. The lowest BCUT2D eigenvalue weighted by Gasteiger charge is -1.31. The third-order valence-electron chi connectivity index (χ3n) is 0.0630. The number of rotatable bonds is 0. The number of halogens is 1. The number of hydrogen-bond donors (Lipinski definition) is 0. The normalized spacial score (nSPS) is 6.60. The Morgan fingerprint density at radius 3 is 1.80 bits per heavy atom. The van der Waals surface area contributed by atoms with E-state index in [0.29, 0.717) is 0 Å². The molecule has 0 bridgehead atoms. The van der Waals surface area contributed by atoms with E-state index in [1.807, 2.05) is 0 Å². The van der Waals surface area contributed by atoms with Crippen LogP contribution in [0.4, 0.5) is 4.11 Å². The molecule has 0 heterocycles. The predicted molar refractivity (Wildman–Crippen MR) is 15.8 cm³/mol. The molecule has 0 aromatic rings. The van der Waals surface area contributed by atoms with Gasteiger partial charge in [0.2, 0.25) is 9.70 Å². The summed E-state index contributed by atoms with van der Waals surface area (Å²) in [7, 11) is -3.93. The summed E-state index contributed by atoms with van der Waals surface area (Å²) in [5.74, 6) is 0. The lowest BCUT2D eigenvalue weighted by molar-refractivity contribution is 0.626. The van der Waals surface area contributed by atoms with E-state index < -0.39 is 18.3 Å². The second kappa shape index (κ2) is 2.22. The highest BCUT2D eigenvalue weighted by atomic mass is 32.3. The lowest BCUT2D eigenvalue weighted by Crippen LogP contribution is -1.56. The standard InChI is InChI=1S/FO2SSi/c1-5-4(2)3. The summed E-state index contributed by atoms with van der Waals surface area (Å²) in [4.78, 5) is 0. The minimum absolute atomic E-state index is 1.47. The maximum Gasteiger partial charge on any atom is 0.435 e. The first-order chi connectivity index (χ1) is 2.27. The highest BCUT2D eigenvalue weighted by Gasteiger charge is 1.59. The van der Waals surface area contributed by atoms with Gasteiger partial charge in [-0.2, -0.15) is 8.42 Å². The molecule has 0 aliphatic rings. The van der Waals surface area contributed by atoms with Crippen molar-refractivity contribution in [2.75, 3.05) is 0 Å². The van der Waals surface area contributed by atoms with E-state index in [9.17, 15) is 4.11 Å². The Morgan fingerprint density at radius 2 is 1.80 bits per heavy atom. The van der Waals surface area contributed by atoms with Crippen molar-refractivity contribution in [1.82, 2.24) is 0 Å². The molecule has 0 atom stereocenters. The molecular weight excluding hydrogens is 111 g/mol. The van der Waals surface area contributed by atoms with Crippen LogP contribution in [-0.4, -0.2) is 17.0 Å². The minimum atomic E-state index is -2.46. The first-order valence-electron chi connectivity index (χ1n) is 0.726. The molecular formula is FO2SSi. The van der Waals surface area contributed by atoms with Crippen molar-refractivity contribution in [3.8, 4) is 0 Å². The monoisotopic (exact) mass is 111 g/mol. The van der Waals surface area contributed by atoms with Crippen molar-refractivity contribution >= 4 is 18.3 Å². The molecule has 5 heteroatoms. The van der Waals surface area contributed by atoms with Crippen molar-refractivity contribution in [2.24, 2.45) is 0 Å². The lowest BCUT2D eigenvalue weighted by atomic mass is 15.9. The van der Waals surface area contributed by atoms with Crippen molar-refractivity contribution in [1.29, 1.82) is 0 Å². The zero-order valence-corrected chi connectivity index (χ0v) is 3.92. The van der Waals surface area contributed by atoms with E-state index in [1.54, 1.807) is 0 Å². The number of hydrogen-bond acceptors (Lipinski definition) is 2. The van der Waals surface area contributed by atoms with Gasteiger partial charge in [-0.15, -0.1) is 0 Å². The second-order valence-electron chi connectivity index (χ2n) is 0.312. The zero-order chi connectivity index (χ0) is 4.28. The first kappa shape index (κ1) is 4.97. The van der Waals surface area contributed by atoms with Gasteiger partial charge < -0.3 is 0 Å². The van der Waals surface area contributed by atoms with E-state index in [-0.39, 0.29) is 0 Å². The Hall–Kier alpha value is -0.0331. The van der Waals surface area contributed by atoms with Crippen LogP contribution in [0.25, 0.3) is 0 Å². The molecule has 0 saturated carbocycles. The van der Waals surface area contributed by atoms with Gasteiger partial charge >= 0.3 is 8.56 Å². The van der Waals surface area contributed by atoms with Crippen LogP contribution < -0.4 is 0 Å². The summed E-state index contributed by atoms with van der Waals surface area (Å²) < 4.78 is 28.5. The molecule has 0 aromatic heterocycles. The Balaban J connectivity index is 4.25. The molecule has 0 amide bonds. The fourth-order valence-electron chi connectivity index (χ4n) is 0. The average Bonchev–Trinajstić information content (AvgIpc) is 1.38. The summed E-state index contributed by atoms with van der Waals surface area (Å²) in [5, 5.41) is 0. The highest BCUT2D eigenvalue weighted by Crippen LogP contribution is 1.35. The van der Waals surface area contributed by atoms with Crippen molar-refractivity contribution in [3.05, 3.63) is 0 Å². The van der Waals surface area contributed by atoms with Crippen LogP contribution in [0.2, 0.25) is 0 Å². The Kier molecular flexibility index (Phi) is 2.20. The molecule has 29 valence electrons. The summed E-state index contributed by atoms with van der Waals surface area (Å²) in [6, 6.07) is 0. The Labute approximate surface area is 31.7 Å². The smallest absolute Gasteiger partial charge is 0.259 e. The summed E-state index contributed by atoms with van der Waals surface area (Å²) in [5.41, 5.74) is 0. The molecule has 5 heavy (non-hydrogen) atoms. The largest absolute Gasteiger partial charge is 0.435 e. The highest BCUT2D eigenvalue weighted by molar-refractivity contribution is 7.78. The Morgan fingerprint density at radius 1 is 1.60 bits per heavy atom. The van der Waals surface area contributed by atoms with Crippen LogP contribution in [0.1, 0.15) is 0 Å². The summed E-state index contributed by atoms with van der Waals surface area (Å²) in [6.07, 6.45) is 0. The molecule has 0 aromatic carbocycles. The van der Waals surface area contributed by atoms with Crippen LogP contribution in [0, 0.1) is 0 Å². The van der Waals surface area contributed by atoms with Gasteiger partial charge in [0.25, 0.3) is 0 Å². The van der Waals surface area contributed by atoms with Crippen LogP contribution in [0.5, 0.6) is 0 Å². The summed E-state index contributed by atoms with van der Waals surface area (Å²) in [6.45, 7) is 0. The fraction of sp³-hybridized carbons (Fsp3) is 0. The maximum atomic E-state index is 10.5. The predicted octanol–water partition coefficient (Wildman–Crippen LogP) is -0.631. The van der Waals surface area contributed by atoms with E-state index in [0.717, 1.165) is 0 Å². The van der Waals surface area contributed by atoms with Gasteiger partial charge in [-0.3, -0.25) is 4.11 Å². The van der Waals surface area contributed by atoms with E-state index in [4.69, 9.17) is 8.42 Å². The second-order valence-corrected chi connectivity index (χ2v) is 2.40. The fourth-order valence-corrected chi connectivity index (χ4v) is 0. The minimum Gasteiger partial charge on any atom is -0.259 e. The SMILES string of the molecule is O=S(=O)=[Si]F. The van der Waals surface area contributed by atoms with Gasteiger partial charge in [-0.1, -0.05) is 0 Å². The van der Waals surface area contributed by atoms with E-state index in [2.05, 4.69) is 0 Å². The molecule has 2 nitrogen and oxygen atoms in total. The van der Waals surface area contributed by atoms with Crippen molar-refractivity contribution in [2.45, 2.75) is 0 Å². The topological polar surface area (TPSA) is 34.1 Å². The third kappa shape index (κ3) is 3.97. The van der Waals surface area contributed by atoms with Gasteiger partial charge in [-0.05, 0) is 0 Å². The maximum absolute atomic E-state index is 10.5. The molecule has 0 aliphatic carbocycles. The molecule has 0 fully saturated rings. The molecule has 1 radical (unpaired) electrons. The van der Waals surface area contributed by atoms with Gasteiger partial charge in [0.15, 0.2) is 0 Å². The van der Waals surface area contributed by atoms with Crippen LogP contribution in [-0.2, 0) is 9.70 Å².